The second-order valence-electron chi connectivity index (χ2n) is 9.21. The number of anilines is 3. The molecule has 0 atom stereocenters. The molecule has 0 radical (unpaired) electrons. The number of nitrogens with one attached hydrogen (secondary N) is 2. The highest BCUT2D eigenvalue weighted by molar-refractivity contribution is 6.09. The van der Waals surface area contributed by atoms with Gasteiger partial charge in [0.05, 0.1) is 31.3 Å². The highest BCUT2D eigenvalue weighted by atomic mass is 19.1. The third-order valence-electron chi connectivity index (χ3n) is 6.33. The summed E-state index contributed by atoms with van der Waals surface area (Å²) in [7, 11) is 6.44. The third kappa shape index (κ3) is 5.13. The molecule has 2 N–H and O–H groups in total. The Morgan fingerprint density at radius 2 is 1.70 bits per heavy atom. The van der Waals surface area contributed by atoms with E-state index in [1.165, 1.54) is 19.2 Å². The molecule has 0 aliphatic carbocycles. The van der Waals surface area contributed by atoms with Gasteiger partial charge in [0.15, 0.2) is 6.79 Å². The summed E-state index contributed by atoms with van der Waals surface area (Å²) in [4.78, 5) is 14.9. The Hall–Kier alpha value is -3.98. The van der Waals surface area contributed by atoms with Crippen LogP contribution < -0.4 is 29.7 Å². The number of fused-ring (bicyclic) bond motifs is 1. The van der Waals surface area contributed by atoms with Crippen LogP contribution in [0.1, 0.15) is 19.4 Å². The molecule has 4 rings (SSSR count). The zero-order chi connectivity index (χ0) is 26.7. The predicted octanol–water partition coefficient (Wildman–Crippen LogP) is 5.27. The molecule has 9 heteroatoms. The largest absolute Gasteiger partial charge is 0.496 e. The first-order chi connectivity index (χ1) is 17.7. The van der Waals surface area contributed by atoms with Gasteiger partial charge in [-0.25, -0.2) is 4.39 Å². The van der Waals surface area contributed by atoms with Crippen molar-refractivity contribution in [2.45, 2.75) is 25.9 Å². The number of amides is 1. The Balaban J connectivity index is 1.85. The molecule has 0 spiro atoms. The van der Waals surface area contributed by atoms with Crippen molar-refractivity contribution >= 4 is 23.0 Å². The van der Waals surface area contributed by atoms with Gasteiger partial charge < -0.3 is 34.5 Å². The van der Waals surface area contributed by atoms with Crippen molar-refractivity contribution in [3.05, 3.63) is 59.9 Å². The minimum atomic E-state index is -0.766. The van der Waals surface area contributed by atoms with Gasteiger partial charge in [-0.3, -0.25) is 4.79 Å². The minimum absolute atomic E-state index is 0.0722. The standard InChI is InChI=1S/C28H32FN3O5/c1-28(2)27(33)32(3)26-21(15-30-23-13-17(29)7-12-24(23)35-5)19(10-11-22(26)31-28)20-9-8-18(37-16-34-4)14-25(20)36-6/h7-14,30-31H,15-16H2,1-6H3. The number of benzene rings is 3. The molecule has 0 unspecified atom stereocenters. The molecule has 37 heavy (non-hydrogen) atoms. The van der Waals surface area contributed by atoms with Gasteiger partial charge in [-0.15, -0.1) is 0 Å². The summed E-state index contributed by atoms with van der Waals surface area (Å²) in [5, 5.41) is 6.66. The Morgan fingerprint density at radius 1 is 0.973 bits per heavy atom. The molecule has 0 saturated heterocycles. The second-order valence-corrected chi connectivity index (χ2v) is 9.21. The molecular weight excluding hydrogens is 477 g/mol. The van der Waals surface area contributed by atoms with Crippen molar-refractivity contribution in [2.75, 3.05) is 50.7 Å². The SMILES string of the molecule is COCOc1ccc(-c2ccc3c(c2CNc2cc(F)ccc2OC)N(C)C(=O)C(C)(C)N3)c(OC)c1. The molecule has 196 valence electrons. The zero-order valence-corrected chi connectivity index (χ0v) is 21.9. The number of nitrogens with zero attached hydrogens (tertiary/aromatic N) is 1. The first-order valence-electron chi connectivity index (χ1n) is 11.8. The first-order valence-corrected chi connectivity index (χ1v) is 11.8. The molecule has 1 heterocycles. The van der Waals surface area contributed by atoms with Crippen LogP contribution in [-0.4, -0.2) is 46.6 Å². The fraction of sp³-hybridized carbons (Fsp3) is 0.321. The maximum absolute atomic E-state index is 14.1. The van der Waals surface area contributed by atoms with E-state index in [9.17, 15) is 9.18 Å². The van der Waals surface area contributed by atoms with Crippen molar-refractivity contribution in [3.8, 4) is 28.4 Å². The average molecular weight is 510 g/mol. The summed E-state index contributed by atoms with van der Waals surface area (Å²) in [6.07, 6.45) is 0. The quantitative estimate of drug-likeness (QED) is 0.380. The fourth-order valence-corrected chi connectivity index (χ4v) is 4.58. The monoisotopic (exact) mass is 509 g/mol. The number of carbonyl (C=O) groups is 1. The van der Waals surface area contributed by atoms with Gasteiger partial charge in [0.25, 0.3) is 5.91 Å². The lowest BCUT2D eigenvalue weighted by molar-refractivity contribution is -0.121. The van der Waals surface area contributed by atoms with Crippen molar-refractivity contribution in [1.82, 2.24) is 0 Å². The van der Waals surface area contributed by atoms with Crippen LogP contribution in [0.5, 0.6) is 17.2 Å². The summed E-state index contributed by atoms with van der Waals surface area (Å²) in [6, 6.07) is 13.8. The lowest BCUT2D eigenvalue weighted by Crippen LogP contribution is -2.52. The number of likely N-dealkylation sites (N-methyl/N-ethyl adjacent to an activating group) is 1. The van der Waals surface area contributed by atoms with Crippen LogP contribution in [0.2, 0.25) is 0 Å². The van der Waals surface area contributed by atoms with Gasteiger partial charge in [0.2, 0.25) is 0 Å². The van der Waals surface area contributed by atoms with E-state index < -0.39 is 5.54 Å². The Kier molecular flexibility index (Phi) is 7.45. The van der Waals surface area contributed by atoms with E-state index in [4.69, 9.17) is 18.9 Å². The number of methoxy groups -OCH3 is 3. The molecule has 1 aliphatic rings. The van der Waals surface area contributed by atoms with Gasteiger partial charge in [-0.1, -0.05) is 6.07 Å². The van der Waals surface area contributed by atoms with E-state index in [1.807, 2.05) is 38.1 Å². The summed E-state index contributed by atoms with van der Waals surface area (Å²) in [5.74, 6) is 1.24. The predicted molar refractivity (Wildman–Crippen MR) is 142 cm³/mol. The normalized spacial score (nSPS) is 14.0. The maximum Gasteiger partial charge on any atom is 0.251 e. The van der Waals surface area contributed by atoms with E-state index in [0.717, 1.165) is 28.1 Å². The molecule has 0 fully saturated rings. The van der Waals surface area contributed by atoms with Crippen molar-refractivity contribution in [2.24, 2.45) is 0 Å². The smallest absolute Gasteiger partial charge is 0.251 e. The zero-order valence-electron chi connectivity index (χ0n) is 21.9. The summed E-state index contributed by atoms with van der Waals surface area (Å²) in [6.45, 7) is 4.09. The summed E-state index contributed by atoms with van der Waals surface area (Å²) >= 11 is 0. The van der Waals surface area contributed by atoms with E-state index in [0.29, 0.717) is 22.9 Å². The third-order valence-corrected chi connectivity index (χ3v) is 6.33. The molecule has 3 aromatic rings. The molecule has 1 aliphatic heterocycles. The Bertz CT molecular complexity index is 1310. The van der Waals surface area contributed by atoms with Crippen LogP contribution in [-0.2, 0) is 16.1 Å². The molecule has 8 nitrogen and oxygen atoms in total. The minimum Gasteiger partial charge on any atom is -0.496 e. The fourth-order valence-electron chi connectivity index (χ4n) is 4.58. The van der Waals surface area contributed by atoms with Gasteiger partial charge >= 0.3 is 0 Å². The average Bonchev–Trinajstić information content (AvgIpc) is 2.89. The van der Waals surface area contributed by atoms with Gasteiger partial charge in [0.1, 0.15) is 28.6 Å². The molecular formula is C28H32FN3O5. The number of carbonyl (C=O) groups excluding carboxylic acids is 1. The molecule has 0 bridgehead atoms. The summed E-state index contributed by atoms with van der Waals surface area (Å²) in [5.41, 5.74) is 3.76. The highest BCUT2D eigenvalue weighted by Gasteiger charge is 2.38. The van der Waals surface area contributed by atoms with E-state index >= 15 is 0 Å². The number of hydrogen-bond acceptors (Lipinski definition) is 7. The molecule has 1 amide bonds. The second kappa shape index (κ2) is 10.6. The van der Waals surface area contributed by atoms with Gasteiger partial charge in [0, 0.05) is 44.0 Å². The van der Waals surface area contributed by atoms with Crippen molar-refractivity contribution in [3.63, 3.8) is 0 Å². The topological polar surface area (TPSA) is 81.3 Å². The number of ether oxygens (including phenoxy) is 4. The van der Waals surface area contributed by atoms with E-state index in [2.05, 4.69) is 10.6 Å². The van der Waals surface area contributed by atoms with E-state index in [-0.39, 0.29) is 25.1 Å². The van der Waals surface area contributed by atoms with Crippen LogP contribution in [0.25, 0.3) is 11.1 Å². The first kappa shape index (κ1) is 26.1. The number of halogens is 1. The van der Waals surface area contributed by atoms with Crippen molar-refractivity contribution in [1.29, 1.82) is 0 Å². The van der Waals surface area contributed by atoms with Gasteiger partial charge in [-0.05, 0) is 49.7 Å². The maximum atomic E-state index is 14.1. The number of hydrogen-bond donors (Lipinski definition) is 2. The Labute approximate surface area is 216 Å². The molecule has 3 aromatic carbocycles. The Morgan fingerprint density at radius 3 is 2.41 bits per heavy atom. The van der Waals surface area contributed by atoms with Gasteiger partial charge in [-0.2, -0.15) is 0 Å². The van der Waals surface area contributed by atoms with Crippen LogP contribution in [0.3, 0.4) is 0 Å². The van der Waals surface area contributed by atoms with Crippen LogP contribution in [0.15, 0.2) is 48.5 Å². The lowest BCUT2D eigenvalue weighted by atomic mass is 9.91. The van der Waals surface area contributed by atoms with Crippen LogP contribution in [0, 0.1) is 5.82 Å². The summed E-state index contributed by atoms with van der Waals surface area (Å²) < 4.78 is 35.8. The van der Waals surface area contributed by atoms with E-state index in [1.54, 1.807) is 38.3 Å². The highest BCUT2D eigenvalue weighted by Crippen LogP contribution is 2.45. The van der Waals surface area contributed by atoms with Crippen molar-refractivity contribution < 1.29 is 28.1 Å². The molecule has 0 saturated carbocycles. The molecule has 0 aromatic heterocycles. The number of rotatable bonds is 9. The van der Waals surface area contributed by atoms with Crippen LogP contribution in [0.4, 0.5) is 21.5 Å². The van der Waals surface area contributed by atoms with Crippen LogP contribution >= 0.6 is 0 Å². The lowest BCUT2D eigenvalue weighted by Gasteiger charge is -2.40.